The van der Waals surface area contributed by atoms with Crippen molar-refractivity contribution in [3.8, 4) is 6.07 Å². The van der Waals surface area contributed by atoms with E-state index in [4.69, 9.17) is 0 Å². The lowest BCUT2D eigenvalue weighted by Crippen LogP contribution is -2.23. The van der Waals surface area contributed by atoms with Crippen LogP contribution < -0.4 is 0 Å². The summed E-state index contributed by atoms with van der Waals surface area (Å²) >= 11 is 3.66. The second-order valence-electron chi connectivity index (χ2n) is 5.12. The van der Waals surface area contributed by atoms with Crippen molar-refractivity contribution < 1.29 is 0 Å². The number of thioether (sulfide) groups is 2. The van der Waals surface area contributed by atoms with Gasteiger partial charge in [-0.1, -0.05) is 43.3 Å². The zero-order valence-electron chi connectivity index (χ0n) is 11.0. The van der Waals surface area contributed by atoms with E-state index in [-0.39, 0.29) is 4.08 Å². The molecule has 1 fully saturated rings. The molecule has 2 bridgehead atoms. The largest absolute Gasteiger partial charge is 0.196 e. The van der Waals surface area contributed by atoms with Crippen LogP contribution in [0, 0.1) is 17.2 Å². The molecule has 3 unspecified atom stereocenters. The third-order valence-electron chi connectivity index (χ3n) is 3.90. The average Bonchev–Trinajstić information content (AvgIpc) is 3.07. The van der Waals surface area contributed by atoms with Crippen molar-refractivity contribution in [2.24, 2.45) is 5.92 Å². The van der Waals surface area contributed by atoms with Crippen LogP contribution in [0.4, 0.5) is 0 Å². The molecular weight excluding hydrogens is 270 g/mol. The molecule has 1 aromatic rings. The fourth-order valence-electron chi connectivity index (χ4n) is 2.69. The highest BCUT2D eigenvalue weighted by Gasteiger charge is 2.50. The Hall–Kier alpha value is -0.850. The first kappa shape index (κ1) is 13.1. The van der Waals surface area contributed by atoms with Gasteiger partial charge in [-0.25, -0.2) is 0 Å². The quantitative estimate of drug-likeness (QED) is 0.767. The Kier molecular flexibility index (Phi) is 3.64. The summed E-state index contributed by atoms with van der Waals surface area (Å²) < 4.78 is -0.247. The van der Waals surface area contributed by atoms with E-state index in [0.717, 1.165) is 18.6 Å². The molecule has 0 saturated carbocycles. The Balaban J connectivity index is 1.68. The van der Waals surface area contributed by atoms with Crippen LogP contribution in [0.25, 0.3) is 0 Å². The van der Waals surface area contributed by atoms with Crippen molar-refractivity contribution in [2.45, 2.75) is 34.8 Å². The van der Waals surface area contributed by atoms with Gasteiger partial charge < -0.3 is 0 Å². The monoisotopic (exact) mass is 287 g/mol. The van der Waals surface area contributed by atoms with Crippen molar-refractivity contribution in [1.82, 2.24) is 0 Å². The summed E-state index contributed by atoms with van der Waals surface area (Å²) in [6.45, 7) is 2.17. The molecule has 3 rings (SSSR count). The summed E-state index contributed by atoms with van der Waals surface area (Å²) in [4.78, 5) is 0. The summed E-state index contributed by atoms with van der Waals surface area (Å²) in [5.41, 5.74) is 2.70. The Morgan fingerprint density at radius 2 is 2.05 bits per heavy atom. The zero-order chi connectivity index (χ0) is 13.3. The van der Waals surface area contributed by atoms with Crippen molar-refractivity contribution in [3.05, 3.63) is 47.5 Å². The number of allylic oxidation sites excluding steroid dienone is 1. The maximum absolute atomic E-state index is 9.57. The molecule has 1 heterocycles. The van der Waals surface area contributed by atoms with Crippen molar-refractivity contribution >= 4 is 23.5 Å². The number of nitriles is 1. The van der Waals surface area contributed by atoms with Crippen LogP contribution in [0.3, 0.4) is 0 Å². The van der Waals surface area contributed by atoms with Gasteiger partial charge in [0, 0.05) is 16.9 Å². The van der Waals surface area contributed by atoms with E-state index in [1.807, 2.05) is 23.5 Å². The Morgan fingerprint density at radius 3 is 2.58 bits per heavy atom. The number of rotatable bonds is 4. The van der Waals surface area contributed by atoms with Gasteiger partial charge in [0.25, 0.3) is 0 Å². The van der Waals surface area contributed by atoms with E-state index < -0.39 is 0 Å². The minimum absolute atomic E-state index is 0.247. The lowest BCUT2D eigenvalue weighted by atomic mass is 10.1. The second kappa shape index (κ2) is 5.26. The van der Waals surface area contributed by atoms with E-state index in [9.17, 15) is 5.26 Å². The van der Waals surface area contributed by atoms with Crippen LogP contribution in [0.1, 0.15) is 24.5 Å². The number of nitrogens with zero attached hydrogens (tertiary/aromatic N) is 1. The molecule has 1 nitrogen and oxygen atoms in total. The third kappa shape index (κ3) is 2.44. The van der Waals surface area contributed by atoms with Crippen molar-refractivity contribution in [1.29, 1.82) is 5.26 Å². The summed E-state index contributed by atoms with van der Waals surface area (Å²) in [5.74, 6) is 1.37. The first-order valence-corrected chi connectivity index (χ1v) is 8.61. The van der Waals surface area contributed by atoms with Gasteiger partial charge in [-0.3, -0.25) is 0 Å². The molecule has 1 aliphatic carbocycles. The topological polar surface area (TPSA) is 23.8 Å². The molecule has 3 atom stereocenters. The molecule has 2 aliphatic rings. The minimum atomic E-state index is -0.247. The van der Waals surface area contributed by atoms with E-state index in [1.54, 1.807) is 0 Å². The van der Waals surface area contributed by atoms with Gasteiger partial charge in [0.2, 0.25) is 0 Å². The van der Waals surface area contributed by atoms with E-state index >= 15 is 0 Å². The first-order chi connectivity index (χ1) is 9.25. The molecule has 0 spiro atoms. The van der Waals surface area contributed by atoms with Gasteiger partial charge in [-0.2, -0.15) is 5.26 Å². The highest BCUT2D eigenvalue weighted by Crippen LogP contribution is 2.58. The SMILES string of the molecule is CCc1ccc(CSC2(C#N)SC3C=CC2C3)cc1. The highest BCUT2D eigenvalue weighted by molar-refractivity contribution is 8.18. The normalized spacial score (nSPS) is 31.6. The molecule has 3 heteroatoms. The molecule has 0 amide bonds. The summed E-state index contributed by atoms with van der Waals surface area (Å²) in [6.07, 6.45) is 6.75. The molecule has 1 aliphatic heterocycles. The van der Waals surface area contributed by atoms with E-state index in [1.165, 1.54) is 11.1 Å². The van der Waals surface area contributed by atoms with Gasteiger partial charge in [0.05, 0.1) is 6.07 Å². The maximum Gasteiger partial charge on any atom is 0.155 e. The lowest BCUT2D eigenvalue weighted by Gasteiger charge is -2.26. The third-order valence-corrected chi connectivity index (χ3v) is 7.24. The Bertz CT molecular complexity index is 529. The van der Waals surface area contributed by atoms with Gasteiger partial charge in [0.15, 0.2) is 4.08 Å². The van der Waals surface area contributed by atoms with Crippen molar-refractivity contribution in [2.75, 3.05) is 0 Å². The maximum atomic E-state index is 9.57. The molecule has 1 aromatic carbocycles. The number of hydrogen-bond acceptors (Lipinski definition) is 3. The van der Waals surface area contributed by atoms with Gasteiger partial charge in [-0.15, -0.1) is 23.5 Å². The average molecular weight is 287 g/mol. The molecule has 0 aromatic heterocycles. The fourth-order valence-corrected chi connectivity index (χ4v) is 5.86. The molecule has 0 radical (unpaired) electrons. The molecule has 1 saturated heterocycles. The summed E-state index contributed by atoms with van der Waals surface area (Å²) in [5, 5.41) is 10.1. The zero-order valence-corrected chi connectivity index (χ0v) is 12.6. The van der Waals surface area contributed by atoms with Gasteiger partial charge in [-0.05, 0) is 24.0 Å². The van der Waals surface area contributed by atoms with Crippen LogP contribution in [0.15, 0.2) is 36.4 Å². The Labute approximate surface area is 123 Å². The number of fused-ring (bicyclic) bond motifs is 2. The van der Waals surface area contributed by atoms with E-state index in [2.05, 4.69) is 49.4 Å². The standard InChI is InChI=1S/C16H17NS2/c1-2-12-3-5-13(6-4-12)10-18-16(11-17)14-7-8-15(9-14)19-16/h3-8,14-15H,2,9-10H2,1H3. The summed E-state index contributed by atoms with van der Waals surface area (Å²) in [6, 6.07) is 11.4. The lowest BCUT2D eigenvalue weighted by molar-refractivity contribution is 0.675. The van der Waals surface area contributed by atoms with Gasteiger partial charge in [0.1, 0.15) is 0 Å². The fraction of sp³-hybridized carbons (Fsp3) is 0.438. The molecule has 0 N–H and O–H groups in total. The molecular formula is C16H17NS2. The predicted octanol–water partition coefficient (Wildman–Crippen LogP) is 4.39. The Morgan fingerprint density at radius 1 is 1.32 bits per heavy atom. The smallest absolute Gasteiger partial charge is 0.155 e. The first-order valence-electron chi connectivity index (χ1n) is 6.75. The van der Waals surface area contributed by atoms with Crippen LogP contribution in [-0.4, -0.2) is 9.33 Å². The number of hydrogen-bond donors (Lipinski definition) is 0. The van der Waals surface area contributed by atoms with Crippen LogP contribution in [0.2, 0.25) is 0 Å². The molecule has 19 heavy (non-hydrogen) atoms. The second-order valence-corrected chi connectivity index (χ2v) is 8.09. The van der Waals surface area contributed by atoms with Crippen molar-refractivity contribution in [3.63, 3.8) is 0 Å². The van der Waals surface area contributed by atoms with Crippen LogP contribution >= 0.6 is 23.5 Å². The highest BCUT2D eigenvalue weighted by atomic mass is 32.2. The summed E-state index contributed by atoms with van der Waals surface area (Å²) in [7, 11) is 0. The number of aryl methyl sites for hydroxylation is 1. The number of benzene rings is 1. The minimum Gasteiger partial charge on any atom is -0.196 e. The van der Waals surface area contributed by atoms with Crippen LogP contribution in [0.5, 0.6) is 0 Å². The van der Waals surface area contributed by atoms with Gasteiger partial charge >= 0.3 is 0 Å². The van der Waals surface area contributed by atoms with Crippen LogP contribution in [-0.2, 0) is 12.2 Å². The predicted molar refractivity (Wildman–Crippen MR) is 84.1 cm³/mol. The van der Waals surface area contributed by atoms with E-state index in [0.29, 0.717) is 11.2 Å². The molecule has 98 valence electrons.